The van der Waals surface area contributed by atoms with Crippen LogP contribution in [0.3, 0.4) is 0 Å². The molecule has 0 saturated carbocycles. The van der Waals surface area contributed by atoms with Gasteiger partial charge >= 0.3 is 5.00 Å². The van der Waals surface area contributed by atoms with E-state index < -0.39 is 16.6 Å². The van der Waals surface area contributed by atoms with Crippen molar-refractivity contribution in [2.24, 2.45) is 0 Å². The molecule has 2 aromatic rings. The number of nitro groups is 1. The van der Waals surface area contributed by atoms with Gasteiger partial charge in [0.25, 0.3) is 5.91 Å². The first-order chi connectivity index (χ1) is 8.56. The number of rotatable bonds is 3. The van der Waals surface area contributed by atoms with Crippen LogP contribution in [-0.4, -0.2) is 10.8 Å². The zero-order valence-corrected chi connectivity index (χ0v) is 9.74. The summed E-state index contributed by atoms with van der Waals surface area (Å²) in [5.74, 6) is -0.969. The summed E-state index contributed by atoms with van der Waals surface area (Å²) in [7, 11) is 0. The number of anilines is 1. The van der Waals surface area contributed by atoms with Crippen LogP contribution in [0.5, 0.6) is 0 Å². The number of thiophene rings is 1. The third kappa shape index (κ3) is 2.69. The van der Waals surface area contributed by atoms with Gasteiger partial charge < -0.3 is 5.32 Å². The molecule has 92 valence electrons. The van der Waals surface area contributed by atoms with Crippen molar-refractivity contribution in [1.29, 1.82) is 0 Å². The molecule has 18 heavy (non-hydrogen) atoms. The molecule has 0 unspecified atom stereocenters. The first kappa shape index (κ1) is 12.2. The third-order valence-electron chi connectivity index (χ3n) is 2.08. The number of carbonyl (C=O) groups excluding carboxylic acids is 1. The highest BCUT2D eigenvalue weighted by atomic mass is 32.1. The zero-order valence-electron chi connectivity index (χ0n) is 8.92. The number of carbonyl (C=O) groups is 1. The first-order valence-corrected chi connectivity index (χ1v) is 5.69. The number of amides is 1. The maximum atomic E-state index is 12.9. The predicted octanol–water partition coefficient (Wildman–Crippen LogP) is 3.05. The van der Waals surface area contributed by atoms with Crippen molar-refractivity contribution in [2.45, 2.75) is 0 Å². The summed E-state index contributed by atoms with van der Waals surface area (Å²) < 4.78 is 12.9. The summed E-state index contributed by atoms with van der Waals surface area (Å²) in [5, 5.41) is 12.8. The lowest BCUT2D eigenvalue weighted by atomic mass is 10.3. The van der Waals surface area contributed by atoms with Crippen molar-refractivity contribution in [2.75, 3.05) is 5.32 Å². The molecule has 1 N–H and O–H groups in total. The van der Waals surface area contributed by atoms with Crippen LogP contribution in [-0.2, 0) is 0 Å². The topological polar surface area (TPSA) is 72.2 Å². The summed E-state index contributed by atoms with van der Waals surface area (Å²) in [4.78, 5) is 21.8. The zero-order chi connectivity index (χ0) is 13.1. The van der Waals surface area contributed by atoms with E-state index in [9.17, 15) is 19.3 Å². The van der Waals surface area contributed by atoms with Crippen molar-refractivity contribution in [3.63, 3.8) is 0 Å². The summed E-state index contributed by atoms with van der Waals surface area (Å²) in [6, 6.07) is 8.03. The predicted molar refractivity (Wildman–Crippen MR) is 65.3 cm³/mol. The molecule has 0 saturated heterocycles. The van der Waals surface area contributed by atoms with E-state index >= 15 is 0 Å². The second-order valence-electron chi connectivity index (χ2n) is 3.36. The molecule has 0 aliphatic carbocycles. The molecule has 0 fully saturated rings. The summed E-state index contributed by atoms with van der Waals surface area (Å²) >= 11 is 0.768. The molecule has 1 amide bonds. The summed E-state index contributed by atoms with van der Waals surface area (Å²) in [6.45, 7) is 0. The first-order valence-electron chi connectivity index (χ1n) is 4.87. The van der Waals surface area contributed by atoms with Crippen molar-refractivity contribution in [1.82, 2.24) is 0 Å². The monoisotopic (exact) mass is 266 g/mol. The second-order valence-corrected chi connectivity index (χ2v) is 4.42. The van der Waals surface area contributed by atoms with Gasteiger partial charge in [0.1, 0.15) is 5.82 Å². The number of hydrogen-bond donors (Lipinski definition) is 1. The molecule has 1 heterocycles. The molecule has 1 aromatic carbocycles. The fourth-order valence-electron chi connectivity index (χ4n) is 1.31. The molecular weight excluding hydrogens is 259 g/mol. The average molecular weight is 266 g/mol. The summed E-state index contributed by atoms with van der Waals surface area (Å²) in [6.07, 6.45) is 0. The normalized spacial score (nSPS) is 10.1. The molecule has 0 bridgehead atoms. The molecule has 0 aliphatic heterocycles. The Labute approximate surface area is 105 Å². The molecule has 0 radical (unpaired) electrons. The maximum Gasteiger partial charge on any atom is 0.324 e. The Morgan fingerprint density at radius 3 is 2.72 bits per heavy atom. The van der Waals surface area contributed by atoms with Crippen LogP contribution in [0.4, 0.5) is 15.1 Å². The van der Waals surface area contributed by atoms with Crippen LogP contribution < -0.4 is 5.32 Å². The Bertz CT molecular complexity index is 612. The van der Waals surface area contributed by atoms with Crippen LogP contribution >= 0.6 is 11.3 Å². The molecule has 1 aromatic heterocycles. The highest BCUT2D eigenvalue weighted by molar-refractivity contribution is 7.17. The molecule has 7 heteroatoms. The van der Waals surface area contributed by atoms with Gasteiger partial charge in [-0.2, -0.15) is 0 Å². The largest absolute Gasteiger partial charge is 0.324 e. The number of hydrogen-bond acceptors (Lipinski definition) is 4. The average Bonchev–Trinajstić information content (AvgIpc) is 2.78. The summed E-state index contributed by atoms with van der Waals surface area (Å²) in [5.41, 5.74) is 0.302. The lowest BCUT2D eigenvalue weighted by Crippen LogP contribution is -2.10. The minimum Gasteiger partial charge on any atom is -0.321 e. The molecule has 5 nitrogen and oxygen atoms in total. The van der Waals surface area contributed by atoms with Gasteiger partial charge in [-0.15, -0.1) is 0 Å². The van der Waals surface area contributed by atoms with Crippen LogP contribution in [0.15, 0.2) is 36.4 Å². The van der Waals surface area contributed by atoms with Crippen molar-refractivity contribution in [3.05, 3.63) is 57.2 Å². The van der Waals surface area contributed by atoms with Crippen LogP contribution in [0.2, 0.25) is 0 Å². The van der Waals surface area contributed by atoms with Crippen molar-refractivity contribution < 1.29 is 14.1 Å². The van der Waals surface area contributed by atoms with Gasteiger partial charge in [0.2, 0.25) is 0 Å². The van der Waals surface area contributed by atoms with Crippen molar-refractivity contribution >= 4 is 27.9 Å². The number of nitrogens with one attached hydrogen (secondary N) is 1. The lowest BCUT2D eigenvalue weighted by molar-refractivity contribution is -0.380. The van der Waals surface area contributed by atoms with Gasteiger partial charge in [0.05, 0.1) is 9.80 Å². The van der Waals surface area contributed by atoms with E-state index in [2.05, 4.69) is 5.32 Å². The number of halogens is 1. The van der Waals surface area contributed by atoms with Gasteiger partial charge in [0.15, 0.2) is 0 Å². The van der Waals surface area contributed by atoms with E-state index in [0.717, 1.165) is 11.3 Å². The molecule has 0 spiro atoms. The Morgan fingerprint density at radius 1 is 1.33 bits per heavy atom. The van der Waals surface area contributed by atoms with Crippen molar-refractivity contribution in [3.8, 4) is 0 Å². The van der Waals surface area contributed by atoms with E-state index in [-0.39, 0.29) is 9.88 Å². The molecular formula is C11H7FN2O3S. The van der Waals surface area contributed by atoms with Crippen LogP contribution in [0.1, 0.15) is 9.67 Å². The fourth-order valence-corrected chi connectivity index (χ4v) is 2.02. The van der Waals surface area contributed by atoms with Crippen LogP contribution in [0.25, 0.3) is 0 Å². The number of benzene rings is 1. The molecule has 0 aliphatic rings. The maximum absolute atomic E-state index is 12.9. The second kappa shape index (κ2) is 4.92. The highest BCUT2D eigenvalue weighted by Crippen LogP contribution is 2.24. The molecule has 2 rings (SSSR count). The molecule has 0 atom stereocenters. The SMILES string of the molecule is O=C(Nc1cccc(F)c1)c1ccc([N+](=O)[O-])s1. The lowest BCUT2D eigenvalue weighted by Gasteiger charge is -2.02. The standard InChI is InChI=1S/C11H7FN2O3S/c12-7-2-1-3-8(6-7)13-11(15)9-4-5-10(18-9)14(16)17/h1-6H,(H,13,15). The van der Waals surface area contributed by atoms with Gasteiger partial charge in [0, 0.05) is 11.8 Å². The fraction of sp³-hybridized carbons (Fsp3) is 0. The Balaban J connectivity index is 2.14. The number of nitrogens with zero attached hydrogens (tertiary/aromatic N) is 1. The van der Waals surface area contributed by atoms with Gasteiger partial charge in [-0.25, -0.2) is 4.39 Å². The van der Waals surface area contributed by atoms with Gasteiger partial charge in [-0.05, 0) is 24.3 Å². The van der Waals surface area contributed by atoms with Crippen LogP contribution in [0, 0.1) is 15.9 Å². The van der Waals surface area contributed by atoms with E-state index in [0.29, 0.717) is 5.69 Å². The smallest absolute Gasteiger partial charge is 0.321 e. The third-order valence-corrected chi connectivity index (χ3v) is 3.11. The quantitative estimate of drug-likeness (QED) is 0.685. The Kier molecular flexibility index (Phi) is 3.33. The Morgan fingerprint density at radius 2 is 2.11 bits per heavy atom. The van der Waals surface area contributed by atoms with Gasteiger partial charge in [-0.3, -0.25) is 14.9 Å². The minimum absolute atomic E-state index is 0.112. The Hall–Kier alpha value is -2.28. The van der Waals surface area contributed by atoms with E-state index in [1.807, 2.05) is 0 Å². The van der Waals surface area contributed by atoms with E-state index in [1.54, 1.807) is 0 Å². The van der Waals surface area contributed by atoms with Gasteiger partial charge in [-0.1, -0.05) is 17.4 Å². The van der Waals surface area contributed by atoms with E-state index in [1.165, 1.54) is 36.4 Å². The minimum atomic E-state index is -0.566. The van der Waals surface area contributed by atoms with E-state index in [4.69, 9.17) is 0 Å². The highest BCUT2D eigenvalue weighted by Gasteiger charge is 2.15.